The molecule has 0 bridgehead atoms. The van der Waals surface area contributed by atoms with Gasteiger partial charge < -0.3 is 0 Å². The maximum atomic E-state index is 11.5. The Kier molecular flexibility index (Phi) is 3.63. The van der Waals surface area contributed by atoms with Crippen molar-refractivity contribution in [2.45, 2.75) is 12.6 Å². The van der Waals surface area contributed by atoms with Gasteiger partial charge in [-0.15, -0.1) is 0 Å². The summed E-state index contributed by atoms with van der Waals surface area (Å²) in [6, 6.07) is 0. The molecule has 0 aliphatic rings. The average molecular weight is 159 g/mol. The van der Waals surface area contributed by atoms with E-state index in [2.05, 4.69) is 0 Å². The van der Waals surface area contributed by atoms with Crippen molar-refractivity contribution >= 4 is 0 Å². The number of hydrogen-bond acceptors (Lipinski definition) is 1. The Morgan fingerprint density at radius 2 is 1.80 bits per heavy atom. The van der Waals surface area contributed by atoms with Crippen LogP contribution in [0.15, 0.2) is 0 Å². The molecule has 5 heteroatoms. The van der Waals surface area contributed by atoms with Crippen LogP contribution in [0.3, 0.4) is 0 Å². The Morgan fingerprint density at radius 3 is 2.10 bits per heavy atom. The molecule has 0 spiro atoms. The van der Waals surface area contributed by atoms with Crippen molar-refractivity contribution in [3.8, 4) is 0 Å². The van der Waals surface area contributed by atoms with Gasteiger partial charge in [0.05, 0.1) is 6.42 Å². The van der Waals surface area contributed by atoms with E-state index in [1.165, 1.54) is 7.05 Å². The predicted molar refractivity (Wildman–Crippen MR) is 29.3 cm³/mol. The molecule has 0 radical (unpaired) electrons. The third-order valence-electron chi connectivity index (χ3n) is 0.981. The van der Waals surface area contributed by atoms with E-state index < -0.39 is 19.4 Å². The van der Waals surface area contributed by atoms with Crippen molar-refractivity contribution in [3.05, 3.63) is 0 Å². The SMILES string of the molecule is CN(CF)CCC(F)(F)F. The molecule has 0 aromatic carbocycles. The molecule has 10 heavy (non-hydrogen) atoms. The van der Waals surface area contributed by atoms with E-state index in [4.69, 9.17) is 0 Å². The maximum absolute atomic E-state index is 11.5. The van der Waals surface area contributed by atoms with Gasteiger partial charge in [0.2, 0.25) is 0 Å². The second kappa shape index (κ2) is 3.75. The molecule has 0 heterocycles. The van der Waals surface area contributed by atoms with Gasteiger partial charge in [0.25, 0.3) is 0 Å². The molecule has 0 N–H and O–H groups in total. The highest BCUT2D eigenvalue weighted by Gasteiger charge is 2.26. The normalized spacial score (nSPS) is 12.6. The summed E-state index contributed by atoms with van der Waals surface area (Å²) >= 11 is 0. The summed E-state index contributed by atoms with van der Waals surface area (Å²) < 4.78 is 45.7. The molecule has 1 nitrogen and oxygen atoms in total. The second-order valence-electron chi connectivity index (χ2n) is 2.06. The van der Waals surface area contributed by atoms with E-state index in [0.717, 1.165) is 4.90 Å². The number of alkyl halides is 4. The molecule has 0 saturated heterocycles. The highest BCUT2D eigenvalue weighted by atomic mass is 19.4. The quantitative estimate of drug-likeness (QED) is 0.448. The lowest BCUT2D eigenvalue weighted by Gasteiger charge is -2.12. The van der Waals surface area contributed by atoms with Crippen LogP contribution in [0.4, 0.5) is 17.6 Å². The first-order chi connectivity index (χ1) is 4.45. The lowest BCUT2D eigenvalue weighted by Crippen LogP contribution is -2.23. The molecule has 0 aliphatic carbocycles. The van der Waals surface area contributed by atoms with Crippen LogP contribution in [0, 0.1) is 0 Å². The van der Waals surface area contributed by atoms with E-state index in [1.54, 1.807) is 0 Å². The van der Waals surface area contributed by atoms with Crippen molar-refractivity contribution in [3.63, 3.8) is 0 Å². The largest absolute Gasteiger partial charge is 0.390 e. The molecule has 0 unspecified atom stereocenters. The van der Waals surface area contributed by atoms with Crippen LogP contribution in [0.1, 0.15) is 6.42 Å². The predicted octanol–water partition coefficient (Wildman–Crippen LogP) is 1.80. The first kappa shape index (κ1) is 9.68. The molecule has 0 amide bonds. The molecule has 0 aromatic heterocycles. The van der Waals surface area contributed by atoms with Gasteiger partial charge in [-0.1, -0.05) is 0 Å². The van der Waals surface area contributed by atoms with Gasteiger partial charge in [-0.2, -0.15) is 13.2 Å². The minimum atomic E-state index is -4.18. The van der Waals surface area contributed by atoms with Crippen molar-refractivity contribution in [2.75, 3.05) is 20.4 Å². The lowest BCUT2D eigenvalue weighted by atomic mass is 10.4. The highest BCUT2D eigenvalue weighted by molar-refractivity contribution is 4.53. The Morgan fingerprint density at radius 1 is 1.30 bits per heavy atom. The number of nitrogens with zero attached hydrogens (tertiary/aromatic N) is 1. The Labute approximate surface area is 56.6 Å². The number of rotatable bonds is 3. The van der Waals surface area contributed by atoms with Crippen LogP contribution >= 0.6 is 0 Å². The van der Waals surface area contributed by atoms with Gasteiger partial charge in [0, 0.05) is 6.54 Å². The van der Waals surface area contributed by atoms with Gasteiger partial charge in [-0.3, -0.25) is 4.90 Å². The minimum Gasteiger partial charge on any atom is -0.279 e. The summed E-state index contributed by atoms with van der Waals surface area (Å²) in [5, 5.41) is 0. The topological polar surface area (TPSA) is 3.24 Å². The van der Waals surface area contributed by atoms with Crippen molar-refractivity contribution in [1.29, 1.82) is 0 Å². The van der Waals surface area contributed by atoms with E-state index in [1.807, 2.05) is 0 Å². The zero-order valence-corrected chi connectivity index (χ0v) is 5.58. The fourth-order valence-electron chi connectivity index (χ4n) is 0.377. The maximum Gasteiger partial charge on any atom is 0.390 e. The lowest BCUT2D eigenvalue weighted by molar-refractivity contribution is -0.138. The summed E-state index contributed by atoms with van der Waals surface area (Å²) in [5.74, 6) is 0. The van der Waals surface area contributed by atoms with Crippen LogP contribution in [-0.4, -0.2) is 31.5 Å². The van der Waals surface area contributed by atoms with Gasteiger partial charge in [-0.25, -0.2) is 4.39 Å². The Balaban J connectivity index is 3.36. The van der Waals surface area contributed by atoms with Gasteiger partial charge in [0.15, 0.2) is 0 Å². The molecular formula is C5H9F4N. The molecular weight excluding hydrogens is 150 g/mol. The second-order valence-corrected chi connectivity index (χ2v) is 2.06. The third kappa shape index (κ3) is 5.81. The van der Waals surface area contributed by atoms with Crippen molar-refractivity contribution in [2.24, 2.45) is 0 Å². The molecule has 62 valence electrons. The Hall–Kier alpha value is -0.320. The van der Waals surface area contributed by atoms with Gasteiger partial charge >= 0.3 is 6.18 Å². The first-order valence-electron chi connectivity index (χ1n) is 2.77. The minimum absolute atomic E-state index is 0.278. The standard InChI is InChI=1S/C5H9F4N/c1-10(4-6)3-2-5(7,8)9/h2-4H2,1H3. The van der Waals surface area contributed by atoms with Crippen LogP contribution in [0.2, 0.25) is 0 Å². The molecule has 0 aromatic rings. The van der Waals surface area contributed by atoms with E-state index in [0.29, 0.717) is 0 Å². The monoisotopic (exact) mass is 159 g/mol. The Bertz CT molecular complexity index is 90.1. The van der Waals surface area contributed by atoms with Crippen LogP contribution < -0.4 is 0 Å². The summed E-state index contributed by atoms with van der Waals surface area (Å²) in [4.78, 5) is 0.966. The van der Waals surface area contributed by atoms with E-state index in [-0.39, 0.29) is 6.54 Å². The molecule has 0 atom stereocenters. The summed E-state index contributed by atoms with van der Waals surface area (Å²) in [6.45, 7) is -1.11. The zero-order chi connectivity index (χ0) is 8.20. The molecule has 0 saturated carbocycles. The fraction of sp³-hybridized carbons (Fsp3) is 1.00. The molecule has 0 fully saturated rings. The fourth-order valence-corrected chi connectivity index (χ4v) is 0.377. The molecule has 0 aliphatic heterocycles. The van der Waals surface area contributed by atoms with E-state index in [9.17, 15) is 17.6 Å². The van der Waals surface area contributed by atoms with Gasteiger partial charge in [0.1, 0.15) is 6.80 Å². The summed E-state index contributed by atoms with van der Waals surface area (Å²) in [6.07, 6.45) is -5.13. The molecule has 0 rings (SSSR count). The summed E-state index contributed by atoms with van der Waals surface area (Å²) in [7, 11) is 1.30. The number of halogens is 4. The van der Waals surface area contributed by atoms with E-state index >= 15 is 0 Å². The number of hydrogen-bond donors (Lipinski definition) is 0. The summed E-state index contributed by atoms with van der Waals surface area (Å²) in [5.41, 5.74) is 0. The van der Waals surface area contributed by atoms with Crippen molar-refractivity contribution in [1.82, 2.24) is 4.90 Å². The smallest absolute Gasteiger partial charge is 0.279 e. The van der Waals surface area contributed by atoms with Crippen LogP contribution in [-0.2, 0) is 0 Å². The van der Waals surface area contributed by atoms with Gasteiger partial charge in [-0.05, 0) is 7.05 Å². The van der Waals surface area contributed by atoms with Crippen LogP contribution in [0.25, 0.3) is 0 Å². The van der Waals surface area contributed by atoms with Crippen LogP contribution in [0.5, 0.6) is 0 Å². The average Bonchev–Trinajstić information content (AvgIpc) is 1.81. The highest BCUT2D eigenvalue weighted by Crippen LogP contribution is 2.19. The van der Waals surface area contributed by atoms with Crippen molar-refractivity contribution < 1.29 is 17.6 Å². The first-order valence-corrected chi connectivity index (χ1v) is 2.77. The third-order valence-corrected chi connectivity index (χ3v) is 0.981. The zero-order valence-electron chi connectivity index (χ0n) is 5.58.